The Balaban J connectivity index is 2.69. The normalized spacial score (nSPS) is 10.1. The molecule has 0 radical (unpaired) electrons. The Kier molecular flexibility index (Phi) is 5.83. The molecule has 0 bridgehead atoms. The maximum absolute atomic E-state index is 5.58. The second-order valence-electron chi connectivity index (χ2n) is 3.66. The molecule has 94 valence electrons. The van der Waals surface area contributed by atoms with Crippen LogP contribution < -0.4 is 10.1 Å². The fraction of sp³-hybridized carbons (Fsp3) is 0.500. The fourth-order valence-corrected chi connectivity index (χ4v) is 1.54. The number of anilines is 1. The summed E-state index contributed by atoms with van der Waals surface area (Å²) < 4.78 is 5.58. The van der Waals surface area contributed by atoms with E-state index in [1.165, 1.54) is 11.8 Å². The molecule has 0 unspecified atom stereocenters. The van der Waals surface area contributed by atoms with Gasteiger partial charge in [-0.25, -0.2) is 4.98 Å². The lowest BCUT2D eigenvalue weighted by molar-refractivity contribution is 0.306. The van der Waals surface area contributed by atoms with Gasteiger partial charge in [0.25, 0.3) is 0 Å². The molecule has 0 spiro atoms. The van der Waals surface area contributed by atoms with E-state index in [9.17, 15) is 0 Å². The van der Waals surface area contributed by atoms with Crippen molar-refractivity contribution in [3.63, 3.8) is 0 Å². The van der Waals surface area contributed by atoms with Crippen LogP contribution in [0.4, 0.5) is 5.82 Å². The highest BCUT2D eigenvalue weighted by atomic mass is 32.2. The molecule has 0 aliphatic carbocycles. The molecule has 1 N–H and O–H groups in total. The van der Waals surface area contributed by atoms with Gasteiger partial charge in [-0.2, -0.15) is 4.98 Å². The van der Waals surface area contributed by atoms with Crippen molar-refractivity contribution >= 4 is 17.6 Å². The van der Waals surface area contributed by atoms with Crippen molar-refractivity contribution in [2.45, 2.75) is 25.4 Å². The molecule has 5 heteroatoms. The van der Waals surface area contributed by atoms with E-state index in [1.807, 2.05) is 26.2 Å². The van der Waals surface area contributed by atoms with Crippen LogP contribution in [0.3, 0.4) is 0 Å². The Morgan fingerprint density at radius 2 is 2.29 bits per heavy atom. The minimum Gasteiger partial charge on any atom is -0.477 e. The smallest absolute Gasteiger partial charge is 0.219 e. The molecule has 0 amide bonds. The number of aromatic nitrogens is 2. The van der Waals surface area contributed by atoms with E-state index in [0.29, 0.717) is 17.6 Å². The third kappa shape index (κ3) is 5.08. The average molecular weight is 253 g/mol. The van der Waals surface area contributed by atoms with Crippen molar-refractivity contribution in [1.82, 2.24) is 9.97 Å². The van der Waals surface area contributed by atoms with Crippen molar-refractivity contribution in [2.75, 3.05) is 24.7 Å². The van der Waals surface area contributed by atoms with Gasteiger partial charge in [0.15, 0.2) is 5.16 Å². The van der Waals surface area contributed by atoms with Crippen LogP contribution in [0.2, 0.25) is 0 Å². The summed E-state index contributed by atoms with van der Waals surface area (Å²) in [6.07, 6.45) is 2.79. The molecule has 1 aromatic heterocycles. The minimum atomic E-state index is 0.603. The number of nitrogens with one attached hydrogen (secondary N) is 1. The molecular formula is C12H19N3OS. The second kappa shape index (κ2) is 7.17. The molecule has 0 aromatic carbocycles. The quantitative estimate of drug-likeness (QED) is 0.460. The van der Waals surface area contributed by atoms with E-state index >= 15 is 0 Å². The molecule has 0 aliphatic heterocycles. The van der Waals surface area contributed by atoms with E-state index < -0.39 is 0 Å². The molecular weight excluding hydrogens is 234 g/mol. The molecule has 4 nitrogen and oxygen atoms in total. The van der Waals surface area contributed by atoms with Gasteiger partial charge in [-0.05, 0) is 20.1 Å². The first-order valence-corrected chi connectivity index (χ1v) is 6.82. The van der Waals surface area contributed by atoms with Crippen molar-refractivity contribution in [3.8, 4) is 5.88 Å². The number of thioether (sulfide) groups is 1. The standard InChI is InChI=1S/C12H19N3OS/c1-5-13-10-8-11(15-12(14-10)17-4)16-7-6-9(2)3/h8H,2,5-7H2,1,3-4H3,(H,13,14,15). The Morgan fingerprint density at radius 1 is 1.53 bits per heavy atom. The fourth-order valence-electron chi connectivity index (χ4n) is 1.17. The zero-order chi connectivity index (χ0) is 12.7. The monoisotopic (exact) mass is 253 g/mol. The topological polar surface area (TPSA) is 47.0 Å². The summed E-state index contributed by atoms with van der Waals surface area (Å²) in [4.78, 5) is 8.62. The highest BCUT2D eigenvalue weighted by Gasteiger charge is 2.04. The molecule has 1 aromatic rings. The summed E-state index contributed by atoms with van der Waals surface area (Å²) in [5.41, 5.74) is 1.11. The third-order valence-electron chi connectivity index (χ3n) is 2.00. The van der Waals surface area contributed by atoms with Gasteiger partial charge in [0.05, 0.1) is 6.61 Å². The highest BCUT2D eigenvalue weighted by molar-refractivity contribution is 7.98. The van der Waals surface area contributed by atoms with E-state index in [0.717, 1.165) is 24.4 Å². The molecule has 0 fully saturated rings. The lowest BCUT2D eigenvalue weighted by Gasteiger charge is -2.09. The number of nitrogens with zero attached hydrogens (tertiary/aromatic N) is 2. The zero-order valence-corrected chi connectivity index (χ0v) is 11.4. The van der Waals surface area contributed by atoms with Gasteiger partial charge in [-0.15, -0.1) is 6.58 Å². The van der Waals surface area contributed by atoms with Crippen molar-refractivity contribution < 1.29 is 4.74 Å². The zero-order valence-electron chi connectivity index (χ0n) is 10.6. The van der Waals surface area contributed by atoms with Gasteiger partial charge in [-0.1, -0.05) is 17.3 Å². The largest absolute Gasteiger partial charge is 0.477 e. The molecule has 1 rings (SSSR count). The van der Waals surface area contributed by atoms with Crippen LogP contribution in [-0.2, 0) is 0 Å². The third-order valence-corrected chi connectivity index (χ3v) is 2.55. The SMILES string of the molecule is C=C(C)CCOc1cc(NCC)nc(SC)n1. The predicted molar refractivity (Wildman–Crippen MR) is 72.9 cm³/mol. The maximum Gasteiger partial charge on any atom is 0.219 e. The second-order valence-corrected chi connectivity index (χ2v) is 4.44. The summed E-state index contributed by atoms with van der Waals surface area (Å²) in [6, 6.07) is 1.82. The van der Waals surface area contributed by atoms with Crippen LogP contribution in [0, 0.1) is 0 Å². The lowest BCUT2D eigenvalue weighted by atomic mass is 10.3. The summed E-state index contributed by atoms with van der Waals surface area (Å²) in [5, 5.41) is 3.88. The van der Waals surface area contributed by atoms with Crippen molar-refractivity contribution in [1.29, 1.82) is 0 Å². The summed E-state index contributed by atoms with van der Waals surface area (Å²) in [6.45, 7) is 9.29. The average Bonchev–Trinajstić information content (AvgIpc) is 2.28. The van der Waals surface area contributed by atoms with E-state index in [2.05, 4.69) is 21.9 Å². The molecule has 0 saturated heterocycles. The number of rotatable bonds is 7. The molecule has 0 saturated carbocycles. The van der Waals surface area contributed by atoms with Crippen LogP contribution in [0.1, 0.15) is 20.3 Å². The van der Waals surface area contributed by atoms with Crippen molar-refractivity contribution in [2.24, 2.45) is 0 Å². The van der Waals surface area contributed by atoms with Crippen LogP contribution >= 0.6 is 11.8 Å². The first kappa shape index (κ1) is 13.8. The summed E-state index contributed by atoms with van der Waals surface area (Å²) >= 11 is 1.50. The van der Waals surface area contributed by atoms with Gasteiger partial charge in [-0.3, -0.25) is 0 Å². The van der Waals surface area contributed by atoms with Crippen LogP contribution in [0.5, 0.6) is 5.88 Å². The van der Waals surface area contributed by atoms with Gasteiger partial charge < -0.3 is 10.1 Å². The van der Waals surface area contributed by atoms with E-state index in [-0.39, 0.29) is 0 Å². The predicted octanol–water partition coefficient (Wildman–Crippen LogP) is 2.98. The van der Waals surface area contributed by atoms with Gasteiger partial charge in [0.1, 0.15) is 5.82 Å². The Labute approximate surface area is 107 Å². The van der Waals surface area contributed by atoms with Crippen LogP contribution in [0.15, 0.2) is 23.4 Å². The summed E-state index contributed by atoms with van der Waals surface area (Å²) in [5.74, 6) is 1.42. The highest BCUT2D eigenvalue weighted by Crippen LogP contribution is 2.19. The maximum atomic E-state index is 5.58. The first-order valence-electron chi connectivity index (χ1n) is 5.59. The van der Waals surface area contributed by atoms with Gasteiger partial charge >= 0.3 is 0 Å². The summed E-state index contributed by atoms with van der Waals surface area (Å²) in [7, 11) is 0. The molecule has 17 heavy (non-hydrogen) atoms. The van der Waals surface area contributed by atoms with Crippen LogP contribution in [-0.4, -0.2) is 29.4 Å². The Bertz CT molecular complexity index is 382. The van der Waals surface area contributed by atoms with E-state index in [4.69, 9.17) is 4.74 Å². The van der Waals surface area contributed by atoms with Crippen LogP contribution in [0.25, 0.3) is 0 Å². The number of hydrogen-bond donors (Lipinski definition) is 1. The van der Waals surface area contributed by atoms with Gasteiger partial charge in [0, 0.05) is 19.0 Å². The molecule has 0 atom stereocenters. The molecule has 1 heterocycles. The van der Waals surface area contributed by atoms with Gasteiger partial charge in [0.2, 0.25) is 5.88 Å². The Hall–Kier alpha value is -1.23. The van der Waals surface area contributed by atoms with Crippen molar-refractivity contribution in [3.05, 3.63) is 18.2 Å². The number of ether oxygens (including phenoxy) is 1. The Morgan fingerprint density at radius 3 is 2.88 bits per heavy atom. The lowest BCUT2D eigenvalue weighted by Crippen LogP contribution is -2.05. The van der Waals surface area contributed by atoms with E-state index in [1.54, 1.807) is 0 Å². The molecule has 0 aliphatic rings. The number of hydrogen-bond acceptors (Lipinski definition) is 5. The minimum absolute atomic E-state index is 0.603. The first-order chi connectivity index (χ1) is 8.15.